The molecule has 1 saturated carbocycles. The minimum Gasteiger partial charge on any atom is -0.273 e. The van der Waals surface area contributed by atoms with E-state index in [1.165, 1.54) is 7.05 Å². The third kappa shape index (κ3) is 3.37. The van der Waals surface area contributed by atoms with Crippen molar-refractivity contribution in [3.05, 3.63) is 52.0 Å². The second-order valence-electron chi connectivity index (χ2n) is 7.84. The molecule has 2 N–H and O–H groups in total. The highest BCUT2D eigenvalue weighted by Crippen LogP contribution is 2.59. The summed E-state index contributed by atoms with van der Waals surface area (Å²) in [5.41, 5.74) is 5.76. The van der Waals surface area contributed by atoms with E-state index in [4.69, 9.17) is 0 Å². The maximum Gasteiger partial charge on any atom is 0.290 e. The number of hydrogen-bond donors (Lipinski definition) is 2. The number of carbonyl (C=O) groups excluding carboxylic acids is 2. The van der Waals surface area contributed by atoms with E-state index in [-0.39, 0.29) is 34.4 Å². The lowest BCUT2D eigenvalue weighted by Gasteiger charge is -2.10. The monoisotopic (exact) mass is 368 g/mol. The topological polar surface area (TPSA) is 93.1 Å². The van der Waals surface area contributed by atoms with Gasteiger partial charge in [-0.2, -0.15) is 5.10 Å². The van der Waals surface area contributed by atoms with Crippen molar-refractivity contribution in [1.82, 2.24) is 20.6 Å². The van der Waals surface area contributed by atoms with Crippen LogP contribution in [0.2, 0.25) is 0 Å². The van der Waals surface area contributed by atoms with E-state index in [1.54, 1.807) is 24.3 Å². The summed E-state index contributed by atoms with van der Waals surface area (Å²) in [5.74, 6) is -0.842. The summed E-state index contributed by atoms with van der Waals surface area (Å²) >= 11 is 0. The van der Waals surface area contributed by atoms with Crippen LogP contribution in [-0.4, -0.2) is 21.6 Å². The van der Waals surface area contributed by atoms with E-state index in [1.807, 2.05) is 27.7 Å². The number of hydrazine groups is 1. The SMILES string of the molecule is CC(C)=CC1C(C(=O)NNC(=O)c2nn(C)c(=O)c3ccccc23)C1(C)C. The Balaban J connectivity index is 1.77. The van der Waals surface area contributed by atoms with Crippen LogP contribution in [-0.2, 0) is 11.8 Å². The zero-order valence-electron chi connectivity index (χ0n) is 16.2. The second-order valence-corrected chi connectivity index (χ2v) is 7.84. The first-order valence-electron chi connectivity index (χ1n) is 8.86. The highest BCUT2D eigenvalue weighted by Gasteiger charge is 2.60. The smallest absolute Gasteiger partial charge is 0.273 e. The molecule has 0 radical (unpaired) electrons. The molecule has 1 heterocycles. The Kier molecular flexibility index (Phi) is 4.63. The first-order valence-corrected chi connectivity index (χ1v) is 8.86. The van der Waals surface area contributed by atoms with Crippen molar-refractivity contribution in [2.24, 2.45) is 24.3 Å². The molecule has 2 atom stereocenters. The molecule has 1 fully saturated rings. The van der Waals surface area contributed by atoms with Gasteiger partial charge in [-0.15, -0.1) is 0 Å². The van der Waals surface area contributed by atoms with Crippen LogP contribution in [0.3, 0.4) is 0 Å². The van der Waals surface area contributed by atoms with Gasteiger partial charge in [0.05, 0.1) is 11.3 Å². The molecule has 1 aliphatic carbocycles. The lowest BCUT2D eigenvalue weighted by molar-refractivity contribution is -0.123. The van der Waals surface area contributed by atoms with Crippen LogP contribution in [0, 0.1) is 17.3 Å². The van der Waals surface area contributed by atoms with E-state index in [9.17, 15) is 14.4 Å². The number of rotatable bonds is 3. The van der Waals surface area contributed by atoms with Gasteiger partial charge in [-0.1, -0.05) is 43.7 Å². The normalized spacial score (nSPS) is 20.0. The Morgan fingerprint density at radius 3 is 2.41 bits per heavy atom. The number of nitrogens with one attached hydrogen (secondary N) is 2. The molecule has 1 aliphatic rings. The van der Waals surface area contributed by atoms with Gasteiger partial charge in [0.2, 0.25) is 5.91 Å². The van der Waals surface area contributed by atoms with Crippen LogP contribution < -0.4 is 16.4 Å². The Morgan fingerprint density at radius 2 is 1.78 bits per heavy atom. The van der Waals surface area contributed by atoms with Crippen LogP contribution in [0.4, 0.5) is 0 Å². The molecule has 2 amide bonds. The van der Waals surface area contributed by atoms with Crippen LogP contribution >= 0.6 is 0 Å². The van der Waals surface area contributed by atoms with Crippen molar-refractivity contribution in [3.63, 3.8) is 0 Å². The molecule has 1 aromatic heterocycles. The van der Waals surface area contributed by atoms with Gasteiger partial charge in [0, 0.05) is 12.4 Å². The quantitative estimate of drug-likeness (QED) is 0.639. The van der Waals surface area contributed by atoms with Crippen LogP contribution in [0.1, 0.15) is 38.2 Å². The molecule has 2 unspecified atom stereocenters. The number of benzene rings is 1. The number of aryl methyl sites for hydroxylation is 1. The largest absolute Gasteiger partial charge is 0.290 e. The minimum absolute atomic E-state index is 0.0869. The number of hydrogen-bond acceptors (Lipinski definition) is 4. The average molecular weight is 368 g/mol. The fourth-order valence-corrected chi connectivity index (χ4v) is 3.57. The summed E-state index contributed by atoms with van der Waals surface area (Å²) in [6.07, 6.45) is 2.09. The Hall–Kier alpha value is -2.96. The summed E-state index contributed by atoms with van der Waals surface area (Å²) in [6, 6.07) is 6.77. The maximum absolute atomic E-state index is 12.6. The van der Waals surface area contributed by atoms with E-state index < -0.39 is 5.91 Å². The van der Waals surface area contributed by atoms with E-state index in [2.05, 4.69) is 22.0 Å². The zero-order valence-corrected chi connectivity index (χ0v) is 16.2. The third-order valence-electron chi connectivity index (χ3n) is 5.18. The van der Waals surface area contributed by atoms with Crippen LogP contribution in [0.15, 0.2) is 40.7 Å². The molecule has 2 aromatic rings. The molecule has 0 saturated heterocycles. The van der Waals surface area contributed by atoms with Gasteiger partial charge in [-0.25, -0.2) is 4.68 Å². The molecule has 142 valence electrons. The lowest BCUT2D eigenvalue weighted by atomic mass is 10.1. The Labute approximate surface area is 157 Å². The Morgan fingerprint density at radius 1 is 1.15 bits per heavy atom. The lowest BCUT2D eigenvalue weighted by Crippen LogP contribution is -2.44. The van der Waals surface area contributed by atoms with E-state index >= 15 is 0 Å². The summed E-state index contributed by atoms with van der Waals surface area (Å²) in [5, 5.41) is 4.90. The molecule has 7 nitrogen and oxygen atoms in total. The summed E-state index contributed by atoms with van der Waals surface area (Å²) in [7, 11) is 1.49. The molecule has 7 heteroatoms. The van der Waals surface area contributed by atoms with E-state index in [0.29, 0.717) is 10.8 Å². The number of allylic oxidation sites excluding steroid dienone is 2. The zero-order chi connectivity index (χ0) is 19.9. The Bertz CT molecular complexity index is 1020. The highest BCUT2D eigenvalue weighted by atomic mass is 16.2. The molecule has 0 bridgehead atoms. The summed E-state index contributed by atoms with van der Waals surface area (Å²) < 4.78 is 1.12. The van der Waals surface area contributed by atoms with E-state index in [0.717, 1.165) is 10.3 Å². The number of carbonyl (C=O) groups is 2. The molecule has 3 rings (SSSR count). The van der Waals surface area contributed by atoms with Crippen molar-refractivity contribution in [2.75, 3.05) is 0 Å². The summed E-state index contributed by atoms with van der Waals surface area (Å²) in [6.45, 7) is 8.07. The van der Waals surface area contributed by atoms with Gasteiger partial charge < -0.3 is 0 Å². The second kappa shape index (κ2) is 6.64. The van der Waals surface area contributed by atoms with Gasteiger partial charge >= 0.3 is 0 Å². The number of fused-ring (bicyclic) bond motifs is 1. The fourth-order valence-electron chi connectivity index (χ4n) is 3.57. The molecular formula is C20H24N4O3. The molecular weight excluding hydrogens is 344 g/mol. The number of nitrogens with zero attached hydrogens (tertiary/aromatic N) is 2. The molecule has 1 aromatic carbocycles. The van der Waals surface area contributed by atoms with Gasteiger partial charge in [0.25, 0.3) is 11.5 Å². The number of amides is 2. The van der Waals surface area contributed by atoms with Crippen LogP contribution in [0.5, 0.6) is 0 Å². The van der Waals surface area contributed by atoms with Gasteiger partial charge in [-0.3, -0.25) is 25.2 Å². The summed E-state index contributed by atoms with van der Waals surface area (Å²) in [4.78, 5) is 37.2. The van der Waals surface area contributed by atoms with Crippen LogP contribution in [0.25, 0.3) is 10.8 Å². The van der Waals surface area contributed by atoms with Crippen molar-refractivity contribution in [2.45, 2.75) is 27.7 Å². The predicted molar refractivity (Wildman–Crippen MR) is 103 cm³/mol. The third-order valence-corrected chi connectivity index (χ3v) is 5.18. The van der Waals surface area contributed by atoms with Gasteiger partial charge in [-0.05, 0) is 31.2 Å². The first-order chi connectivity index (χ1) is 12.6. The molecule has 0 aliphatic heterocycles. The molecule has 0 spiro atoms. The molecule has 27 heavy (non-hydrogen) atoms. The predicted octanol–water partition coefficient (Wildman–Crippen LogP) is 1.93. The first kappa shape index (κ1) is 18.8. The minimum atomic E-state index is -0.563. The van der Waals surface area contributed by atoms with Gasteiger partial charge in [0.1, 0.15) is 0 Å². The highest BCUT2D eigenvalue weighted by molar-refractivity contribution is 6.05. The van der Waals surface area contributed by atoms with Gasteiger partial charge in [0.15, 0.2) is 5.69 Å². The maximum atomic E-state index is 12.6. The fraction of sp³-hybridized carbons (Fsp3) is 0.400. The standard InChI is InChI=1S/C20H24N4O3/c1-11(2)10-14-15(20(14,3)4)17(25)21-22-18(26)16-12-8-6-7-9-13(12)19(27)24(5)23-16/h6-10,14-15H,1-5H3,(H,21,25)(H,22,26). The van der Waals surface area contributed by atoms with Crippen molar-refractivity contribution < 1.29 is 9.59 Å². The van der Waals surface area contributed by atoms with Crippen molar-refractivity contribution in [1.29, 1.82) is 0 Å². The van der Waals surface area contributed by atoms with Crippen molar-refractivity contribution >= 4 is 22.6 Å². The number of aromatic nitrogens is 2. The average Bonchev–Trinajstić information content (AvgIpc) is 3.15. The van der Waals surface area contributed by atoms with Crippen molar-refractivity contribution in [3.8, 4) is 0 Å².